The summed E-state index contributed by atoms with van der Waals surface area (Å²) in [5.41, 5.74) is 6.02. The molecule has 2 aromatic rings. The predicted molar refractivity (Wildman–Crippen MR) is 133 cm³/mol. The summed E-state index contributed by atoms with van der Waals surface area (Å²) in [5.74, 6) is 0.686. The van der Waals surface area contributed by atoms with Gasteiger partial charge in [-0.25, -0.2) is 4.98 Å². The monoisotopic (exact) mass is 414 g/mol. The van der Waals surface area contributed by atoms with Crippen molar-refractivity contribution in [3.8, 4) is 17.1 Å². The lowest BCUT2D eigenvalue weighted by Gasteiger charge is -2.24. The number of pyridine rings is 1. The average Bonchev–Trinajstić information content (AvgIpc) is 2.78. The topological polar surface area (TPSA) is 25.4 Å². The fraction of sp³-hybridized carbons (Fsp3) is 0.321. The molecule has 0 amide bonds. The van der Waals surface area contributed by atoms with Crippen LogP contribution in [0.4, 0.5) is 0 Å². The van der Waals surface area contributed by atoms with Gasteiger partial charge in [0.05, 0.1) is 5.69 Å². The molecule has 0 saturated heterocycles. The number of rotatable bonds is 8. The Bertz CT molecular complexity index is 978. The van der Waals surface area contributed by atoms with Gasteiger partial charge < -0.3 is 9.64 Å². The molecule has 1 fully saturated rings. The zero-order valence-electron chi connectivity index (χ0n) is 19.1. The molecule has 0 spiro atoms. The highest BCUT2D eigenvalue weighted by Gasteiger charge is 2.19. The molecule has 1 aliphatic carbocycles. The average molecular weight is 415 g/mol. The Kier molecular flexibility index (Phi) is 7.88. The van der Waals surface area contributed by atoms with E-state index in [-0.39, 0.29) is 6.10 Å². The fourth-order valence-electron chi connectivity index (χ4n) is 3.95. The normalized spacial score (nSPS) is 15.1. The van der Waals surface area contributed by atoms with Crippen molar-refractivity contribution in [1.29, 1.82) is 0 Å². The largest absolute Gasteiger partial charge is 0.474 e. The van der Waals surface area contributed by atoms with Crippen LogP contribution in [0.1, 0.15) is 50.2 Å². The van der Waals surface area contributed by atoms with Crippen LogP contribution >= 0.6 is 0 Å². The highest BCUT2D eigenvalue weighted by molar-refractivity contribution is 5.79. The van der Waals surface area contributed by atoms with Gasteiger partial charge in [-0.1, -0.05) is 56.0 Å². The number of hydrogen-bond acceptors (Lipinski definition) is 3. The number of benzene rings is 1. The van der Waals surface area contributed by atoms with Crippen LogP contribution in [0.3, 0.4) is 0 Å². The molecule has 0 atom stereocenters. The molecule has 0 aliphatic heterocycles. The highest BCUT2D eigenvalue weighted by Crippen LogP contribution is 2.32. The van der Waals surface area contributed by atoms with Crippen LogP contribution in [0.15, 0.2) is 74.0 Å². The summed E-state index contributed by atoms with van der Waals surface area (Å²) in [7, 11) is 4.03. The smallest absolute Gasteiger partial charge is 0.222 e. The summed E-state index contributed by atoms with van der Waals surface area (Å²) in [6.45, 7) is 10.2. The first kappa shape index (κ1) is 22.6. The number of ether oxygens (including phenoxy) is 1. The second-order valence-corrected chi connectivity index (χ2v) is 8.29. The van der Waals surface area contributed by atoms with Gasteiger partial charge in [0.2, 0.25) is 5.88 Å². The van der Waals surface area contributed by atoms with Gasteiger partial charge in [-0.05, 0) is 67.5 Å². The van der Waals surface area contributed by atoms with Gasteiger partial charge in [-0.15, -0.1) is 0 Å². The SMILES string of the molecule is C=C/C(=C\N(C)C)c1cccc(-c2ccc(C(=C)/C=C\C)c(OC3CCCCC3)n2)c1. The molecule has 0 N–H and O–H groups in total. The minimum atomic E-state index is 0.232. The van der Waals surface area contributed by atoms with Crippen LogP contribution in [-0.2, 0) is 0 Å². The van der Waals surface area contributed by atoms with Crippen molar-refractivity contribution in [2.24, 2.45) is 0 Å². The standard InChI is InChI=1S/C28H34N2O/c1-6-12-21(3)26-17-18-27(29-28(26)31-25-15-9-8-10-16-25)24-14-11-13-23(19-24)22(7-2)20-30(4)5/h6-7,11-14,17-20,25H,2-3,8-10,15-16H2,1,4-5H3/b12-6-,22-20+. The van der Waals surface area contributed by atoms with E-state index in [4.69, 9.17) is 9.72 Å². The molecular weight excluding hydrogens is 380 g/mol. The van der Waals surface area contributed by atoms with Gasteiger partial charge >= 0.3 is 0 Å². The third kappa shape index (κ3) is 5.97. The zero-order valence-corrected chi connectivity index (χ0v) is 19.1. The molecule has 1 heterocycles. The summed E-state index contributed by atoms with van der Waals surface area (Å²) in [4.78, 5) is 6.98. The first-order chi connectivity index (χ1) is 15.0. The van der Waals surface area contributed by atoms with Gasteiger partial charge in [-0.2, -0.15) is 0 Å². The number of allylic oxidation sites excluding steroid dienone is 5. The quantitative estimate of drug-likeness (QED) is 0.429. The van der Waals surface area contributed by atoms with Crippen LogP contribution in [0.25, 0.3) is 22.4 Å². The van der Waals surface area contributed by atoms with Gasteiger partial charge in [0.1, 0.15) is 6.10 Å². The molecular formula is C28H34N2O. The maximum absolute atomic E-state index is 6.43. The first-order valence-electron chi connectivity index (χ1n) is 11.1. The van der Waals surface area contributed by atoms with Gasteiger partial charge in [0.15, 0.2) is 0 Å². The molecule has 0 radical (unpaired) electrons. The Morgan fingerprint density at radius 1 is 1.13 bits per heavy atom. The molecule has 1 aromatic heterocycles. The predicted octanol–water partition coefficient (Wildman–Crippen LogP) is 7.14. The molecule has 0 bridgehead atoms. The van der Waals surface area contributed by atoms with Crippen LogP contribution < -0.4 is 4.74 Å². The summed E-state index contributed by atoms with van der Waals surface area (Å²) in [6.07, 6.45) is 14.1. The summed E-state index contributed by atoms with van der Waals surface area (Å²) < 4.78 is 6.43. The molecule has 0 unspecified atom stereocenters. The summed E-state index contributed by atoms with van der Waals surface area (Å²) in [5, 5.41) is 0. The third-order valence-electron chi connectivity index (χ3n) is 5.51. The first-order valence-corrected chi connectivity index (χ1v) is 11.1. The summed E-state index contributed by atoms with van der Waals surface area (Å²) >= 11 is 0. The number of hydrogen-bond donors (Lipinski definition) is 0. The van der Waals surface area contributed by atoms with Gasteiger partial charge in [0.25, 0.3) is 0 Å². The minimum absolute atomic E-state index is 0.232. The molecule has 31 heavy (non-hydrogen) atoms. The Morgan fingerprint density at radius 2 is 1.90 bits per heavy atom. The van der Waals surface area contributed by atoms with Crippen LogP contribution in [0, 0.1) is 0 Å². The van der Waals surface area contributed by atoms with Crippen LogP contribution in [0.2, 0.25) is 0 Å². The van der Waals surface area contributed by atoms with Crippen molar-refractivity contribution in [3.05, 3.63) is 85.1 Å². The lowest BCUT2D eigenvalue weighted by Crippen LogP contribution is -2.20. The highest BCUT2D eigenvalue weighted by atomic mass is 16.5. The number of aromatic nitrogens is 1. The van der Waals surface area contributed by atoms with Crippen molar-refractivity contribution in [1.82, 2.24) is 9.88 Å². The van der Waals surface area contributed by atoms with Crippen molar-refractivity contribution >= 4 is 11.1 Å². The fourth-order valence-corrected chi connectivity index (χ4v) is 3.95. The van der Waals surface area contributed by atoms with E-state index in [0.717, 1.165) is 46.4 Å². The Labute approximate surface area is 187 Å². The maximum Gasteiger partial charge on any atom is 0.222 e. The maximum atomic E-state index is 6.43. The Balaban J connectivity index is 1.99. The molecule has 3 heteroatoms. The van der Waals surface area contributed by atoms with E-state index >= 15 is 0 Å². The Morgan fingerprint density at radius 3 is 2.58 bits per heavy atom. The minimum Gasteiger partial charge on any atom is -0.474 e. The zero-order chi connectivity index (χ0) is 22.2. The molecule has 1 aromatic carbocycles. The summed E-state index contributed by atoms with van der Waals surface area (Å²) in [6, 6.07) is 12.5. The third-order valence-corrected chi connectivity index (χ3v) is 5.51. The second kappa shape index (κ2) is 10.8. The van der Waals surface area contributed by atoms with E-state index in [1.807, 2.05) is 44.1 Å². The van der Waals surface area contributed by atoms with E-state index in [1.165, 1.54) is 19.3 Å². The molecule has 3 nitrogen and oxygen atoms in total. The molecule has 1 aliphatic rings. The van der Waals surface area contributed by atoms with Crippen molar-refractivity contribution < 1.29 is 4.74 Å². The lowest BCUT2D eigenvalue weighted by molar-refractivity contribution is 0.148. The van der Waals surface area contributed by atoms with Crippen molar-refractivity contribution in [2.45, 2.75) is 45.1 Å². The van der Waals surface area contributed by atoms with Crippen molar-refractivity contribution in [2.75, 3.05) is 14.1 Å². The van der Waals surface area contributed by atoms with Crippen molar-refractivity contribution in [3.63, 3.8) is 0 Å². The lowest BCUT2D eigenvalue weighted by atomic mass is 9.97. The van der Waals surface area contributed by atoms with Gasteiger partial charge in [-0.3, -0.25) is 0 Å². The van der Waals surface area contributed by atoms with E-state index < -0.39 is 0 Å². The Hall–Kier alpha value is -3.07. The molecule has 162 valence electrons. The van der Waals surface area contributed by atoms with E-state index in [9.17, 15) is 0 Å². The van der Waals surface area contributed by atoms with Crippen LogP contribution in [0.5, 0.6) is 5.88 Å². The van der Waals surface area contributed by atoms with Crippen LogP contribution in [-0.4, -0.2) is 30.1 Å². The van der Waals surface area contributed by atoms with E-state index in [2.05, 4.69) is 55.8 Å². The van der Waals surface area contributed by atoms with E-state index in [0.29, 0.717) is 5.88 Å². The molecule has 1 saturated carbocycles. The molecule has 3 rings (SSSR count). The van der Waals surface area contributed by atoms with E-state index in [1.54, 1.807) is 0 Å². The second-order valence-electron chi connectivity index (χ2n) is 8.29. The number of nitrogens with zero attached hydrogens (tertiary/aromatic N) is 2. The van der Waals surface area contributed by atoms with Gasteiger partial charge in [0, 0.05) is 31.4 Å².